The van der Waals surface area contributed by atoms with Gasteiger partial charge in [0.25, 0.3) is 11.8 Å². The molecule has 1 aromatic heterocycles. The molecule has 0 atom stereocenters. The number of hydrazone groups is 1. The predicted molar refractivity (Wildman–Crippen MR) is 100 cm³/mol. The third-order valence-corrected chi connectivity index (χ3v) is 5.13. The fourth-order valence-electron chi connectivity index (χ4n) is 3.61. The van der Waals surface area contributed by atoms with Crippen molar-refractivity contribution in [1.29, 1.82) is 0 Å². The Labute approximate surface area is 156 Å². The summed E-state index contributed by atoms with van der Waals surface area (Å²) < 4.78 is 1.96. The summed E-state index contributed by atoms with van der Waals surface area (Å²) in [5, 5.41) is 4.81. The maximum absolute atomic E-state index is 13.0. The van der Waals surface area contributed by atoms with E-state index in [9.17, 15) is 14.4 Å². The zero-order valence-corrected chi connectivity index (χ0v) is 15.1. The number of piperazine rings is 1. The van der Waals surface area contributed by atoms with Crippen LogP contribution in [0.3, 0.4) is 0 Å². The predicted octanol–water partition coefficient (Wildman–Crippen LogP) is 0.729. The van der Waals surface area contributed by atoms with Crippen molar-refractivity contribution in [2.24, 2.45) is 12.1 Å². The summed E-state index contributed by atoms with van der Waals surface area (Å²) in [4.78, 5) is 40.2. The SMILES string of the molecule is Cn1cc(C(=O)N2CCN(C(=O)C3=NNC(=O)CC3)CC2)c2ccccc21. The van der Waals surface area contributed by atoms with E-state index in [1.54, 1.807) is 9.80 Å². The third-order valence-electron chi connectivity index (χ3n) is 5.13. The molecule has 8 nitrogen and oxygen atoms in total. The van der Waals surface area contributed by atoms with Crippen LogP contribution in [0.5, 0.6) is 0 Å². The van der Waals surface area contributed by atoms with E-state index in [1.165, 1.54) is 0 Å². The van der Waals surface area contributed by atoms with E-state index >= 15 is 0 Å². The number of carbonyl (C=O) groups is 3. The van der Waals surface area contributed by atoms with Crippen molar-refractivity contribution >= 4 is 34.3 Å². The first kappa shape index (κ1) is 17.3. The maximum Gasteiger partial charge on any atom is 0.270 e. The summed E-state index contributed by atoms with van der Waals surface area (Å²) >= 11 is 0. The van der Waals surface area contributed by atoms with Crippen LogP contribution in [0.1, 0.15) is 23.2 Å². The Bertz CT molecular complexity index is 953. The number of benzene rings is 1. The molecular weight excluding hydrogens is 346 g/mol. The molecule has 3 heterocycles. The molecule has 8 heteroatoms. The monoisotopic (exact) mass is 367 g/mol. The Kier molecular flexibility index (Phi) is 4.39. The second-order valence-electron chi connectivity index (χ2n) is 6.85. The average Bonchev–Trinajstić information content (AvgIpc) is 3.05. The minimum Gasteiger partial charge on any atom is -0.350 e. The number of nitrogens with zero attached hydrogens (tertiary/aromatic N) is 4. The lowest BCUT2D eigenvalue weighted by Gasteiger charge is -2.35. The highest BCUT2D eigenvalue weighted by Crippen LogP contribution is 2.22. The Balaban J connectivity index is 1.44. The van der Waals surface area contributed by atoms with Gasteiger partial charge in [-0.3, -0.25) is 14.4 Å². The van der Waals surface area contributed by atoms with Gasteiger partial charge in [0.1, 0.15) is 5.71 Å². The lowest BCUT2D eigenvalue weighted by molar-refractivity contribution is -0.126. The first-order chi connectivity index (χ1) is 13.0. The lowest BCUT2D eigenvalue weighted by Crippen LogP contribution is -2.52. The largest absolute Gasteiger partial charge is 0.350 e. The molecule has 1 N–H and O–H groups in total. The fourth-order valence-corrected chi connectivity index (χ4v) is 3.61. The number of para-hydroxylation sites is 1. The van der Waals surface area contributed by atoms with E-state index in [-0.39, 0.29) is 24.1 Å². The molecule has 2 aromatic rings. The van der Waals surface area contributed by atoms with Gasteiger partial charge in [-0.15, -0.1) is 0 Å². The summed E-state index contributed by atoms with van der Waals surface area (Å²) in [6, 6.07) is 7.83. The quantitative estimate of drug-likeness (QED) is 0.849. The highest BCUT2D eigenvalue weighted by atomic mass is 16.2. The van der Waals surface area contributed by atoms with Gasteiger partial charge in [-0.1, -0.05) is 18.2 Å². The lowest BCUT2D eigenvalue weighted by atomic mass is 10.1. The van der Waals surface area contributed by atoms with Crippen LogP contribution >= 0.6 is 0 Å². The summed E-state index contributed by atoms with van der Waals surface area (Å²) in [7, 11) is 1.93. The van der Waals surface area contributed by atoms with E-state index in [0.29, 0.717) is 43.9 Å². The van der Waals surface area contributed by atoms with Gasteiger partial charge in [-0.2, -0.15) is 5.10 Å². The minimum atomic E-state index is -0.169. The fraction of sp³-hybridized carbons (Fsp3) is 0.368. The molecule has 0 spiro atoms. The molecule has 3 amide bonds. The number of amides is 3. The standard InChI is InChI=1S/C19H21N5O3/c1-22-12-14(13-4-2-3-5-16(13)22)18(26)23-8-10-24(11-9-23)19(27)15-6-7-17(25)21-20-15/h2-5,12H,6-11H2,1H3,(H,21,25). The smallest absolute Gasteiger partial charge is 0.270 e. The van der Waals surface area contributed by atoms with Crippen LogP contribution < -0.4 is 5.43 Å². The molecule has 140 valence electrons. The molecule has 1 saturated heterocycles. The Morgan fingerprint density at radius 1 is 1.00 bits per heavy atom. The van der Waals surface area contributed by atoms with Crippen molar-refractivity contribution < 1.29 is 14.4 Å². The normalized spacial score (nSPS) is 17.7. The van der Waals surface area contributed by atoms with Gasteiger partial charge in [0.15, 0.2) is 0 Å². The topological polar surface area (TPSA) is 87.0 Å². The number of rotatable bonds is 2. The van der Waals surface area contributed by atoms with Crippen LogP contribution in [0.2, 0.25) is 0 Å². The summed E-state index contributed by atoms with van der Waals surface area (Å²) in [5.41, 5.74) is 4.44. The second-order valence-corrected chi connectivity index (χ2v) is 6.85. The van der Waals surface area contributed by atoms with Crippen LogP contribution in [0.15, 0.2) is 35.6 Å². The van der Waals surface area contributed by atoms with Crippen LogP contribution in [-0.4, -0.2) is 64.0 Å². The van der Waals surface area contributed by atoms with Crippen molar-refractivity contribution in [3.05, 3.63) is 36.0 Å². The first-order valence-electron chi connectivity index (χ1n) is 9.02. The molecule has 2 aliphatic heterocycles. The second kappa shape index (κ2) is 6.86. The first-order valence-corrected chi connectivity index (χ1v) is 9.02. The number of hydrogen-bond donors (Lipinski definition) is 1. The summed E-state index contributed by atoms with van der Waals surface area (Å²) in [6.07, 6.45) is 2.51. The number of nitrogens with one attached hydrogen (secondary N) is 1. The summed E-state index contributed by atoms with van der Waals surface area (Å²) in [6.45, 7) is 1.88. The van der Waals surface area contributed by atoms with E-state index in [0.717, 1.165) is 10.9 Å². The van der Waals surface area contributed by atoms with E-state index < -0.39 is 0 Å². The van der Waals surface area contributed by atoms with E-state index in [2.05, 4.69) is 10.5 Å². The van der Waals surface area contributed by atoms with Gasteiger partial charge in [0.2, 0.25) is 5.91 Å². The van der Waals surface area contributed by atoms with Gasteiger partial charge in [-0.25, -0.2) is 5.43 Å². The average molecular weight is 367 g/mol. The van der Waals surface area contributed by atoms with Gasteiger partial charge in [-0.05, 0) is 6.07 Å². The van der Waals surface area contributed by atoms with E-state index in [1.807, 2.05) is 42.1 Å². The van der Waals surface area contributed by atoms with Gasteiger partial charge < -0.3 is 14.4 Å². The van der Waals surface area contributed by atoms with Gasteiger partial charge in [0, 0.05) is 63.2 Å². The van der Waals surface area contributed by atoms with Crippen LogP contribution in [-0.2, 0) is 16.6 Å². The molecule has 4 rings (SSSR count). The van der Waals surface area contributed by atoms with Crippen molar-refractivity contribution in [1.82, 2.24) is 19.8 Å². The molecular formula is C19H21N5O3. The third kappa shape index (κ3) is 3.18. The minimum absolute atomic E-state index is 0.0128. The molecule has 0 unspecified atom stereocenters. The number of carbonyl (C=O) groups excluding carboxylic acids is 3. The van der Waals surface area contributed by atoms with Crippen molar-refractivity contribution in [2.45, 2.75) is 12.8 Å². The molecule has 1 fully saturated rings. The molecule has 0 bridgehead atoms. The Morgan fingerprint density at radius 2 is 1.67 bits per heavy atom. The molecule has 0 saturated carbocycles. The van der Waals surface area contributed by atoms with Crippen LogP contribution in [0.25, 0.3) is 10.9 Å². The Morgan fingerprint density at radius 3 is 2.33 bits per heavy atom. The highest BCUT2D eigenvalue weighted by Gasteiger charge is 2.29. The highest BCUT2D eigenvalue weighted by molar-refractivity contribution is 6.39. The van der Waals surface area contributed by atoms with Crippen LogP contribution in [0.4, 0.5) is 0 Å². The Hall–Kier alpha value is -3.16. The number of hydrogen-bond acceptors (Lipinski definition) is 4. The summed E-state index contributed by atoms with van der Waals surface area (Å²) in [5.74, 6) is -0.342. The molecule has 2 aliphatic rings. The number of aromatic nitrogens is 1. The molecule has 27 heavy (non-hydrogen) atoms. The zero-order valence-electron chi connectivity index (χ0n) is 15.1. The molecule has 0 radical (unpaired) electrons. The van der Waals surface area contributed by atoms with Gasteiger partial charge >= 0.3 is 0 Å². The number of aryl methyl sites for hydroxylation is 1. The molecule has 0 aliphatic carbocycles. The van der Waals surface area contributed by atoms with E-state index in [4.69, 9.17) is 0 Å². The van der Waals surface area contributed by atoms with Gasteiger partial charge in [0.05, 0.1) is 5.56 Å². The molecule has 1 aromatic carbocycles. The zero-order chi connectivity index (χ0) is 19.0. The van der Waals surface area contributed by atoms with Crippen molar-refractivity contribution in [3.8, 4) is 0 Å². The maximum atomic E-state index is 13.0. The number of fused-ring (bicyclic) bond motifs is 1. The van der Waals surface area contributed by atoms with Crippen molar-refractivity contribution in [2.75, 3.05) is 26.2 Å². The van der Waals surface area contributed by atoms with Crippen LogP contribution in [0, 0.1) is 0 Å². The van der Waals surface area contributed by atoms with Crippen molar-refractivity contribution in [3.63, 3.8) is 0 Å².